The fourth-order valence-electron chi connectivity index (χ4n) is 1.89. The molecule has 1 aromatic heterocycles. The second-order valence-corrected chi connectivity index (χ2v) is 5.25. The summed E-state index contributed by atoms with van der Waals surface area (Å²) < 4.78 is 0. The van der Waals surface area contributed by atoms with Crippen molar-refractivity contribution in [1.29, 1.82) is 0 Å². The van der Waals surface area contributed by atoms with Gasteiger partial charge in [-0.2, -0.15) is 0 Å². The van der Waals surface area contributed by atoms with Gasteiger partial charge in [-0.3, -0.25) is 4.79 Å². The summed E-state index contributed by atoms with van der Waals surface area (Å²) >= 11 is 5.78. The van der Waals surface area contributed by atoms with Crippen LogP contribution in [0.4, 0.5) is 17.2 Å². The zero-order valence-electron chi connectivity index (χ0n) is 12.6. The Morgan fingerprint density at radius 2 is 1.92 bits per heavy atom. The van der Waals surface area contributed by atoms with Crippen molar-refractivity contribution in [3.8, 4) is 0 Å². The number of anilines is 3. The van der Waals surface area contributed by atoms with E-state index in [1.807, 2.05) is 0 Å². The maximum Gasteiger partial charge on any atom is 0.335 e. The van der Waals surface area contributed by atoms with Gasteiger partial charge in [0.2, 0.25) is 5.91 Å². The van der Waals surface area contributed by atoms with Gasteiger partial charge in [0.15, 0.2) is 11.0 Å². The molecule has 0 aliphatic heterocycles. The minimum atomic E-state index is -1.01. The summed E-state index contributed by atoms with van der Waals surface area (Å²) in [4.78, 5) is 30.3. The fraction of sp³-hybridized carbons (Fsp3) is 0.200. The van der Waals surface area contributed by atoms with Crippen molar-refractivity contribution in [2.45, 2.75) is 12.8 Å². The molecule has 0 fully saturated rings. The minimum absolute atomic E-state index is 0.165. The molecule has 2 aromatic rings. The van der Waals surface area contributed by atoms with Crippen LogP contribution in [0.5, 0.6) is 0 Å². The van der Waals surface area contributed by atoms with Gasteiger partial charge in [-0.15, -0.1) is 0 Å². The smallest absolute Gasteiger partial charge is 0.335 e. The van der Waals surface area contributed by atoms with Crippen molar-refractivity contribution >= 4 is 40.7 Å². The van der Waals surface area contributed by atoms with Crippen LogP contribution < -0.4 is 16.4 Å². The molecule has 2 rings (SSSR count). The van der Waals surface area contributed by atoms with E-state index in [1.165, 1.54) is 18.5 Å². The van der Waals surface area contributed by atoms with E-state index in [4.69, 9.17) is 22.4 Å². The number of hydrogen-bond donors (Lipinski definition) is 4. The quantitative estimate of drug-likeness (QED) is 0.445. The third-order valence-electron chi connectivity index (χ3n) is 3.12. The number of carboxylic acid groups (broad SMARTS) is 1. The van der Waals surface area contributed by atoms with E-state index in [0.717, 1.165) is 0 Å². The Morgan fingerprint density at radius 1 is 1.21 bits per heavy atom. The lowest BCUT2D eigenvalue weighted by Crippen LogP contribution is -2.14. The highest BCUT2D eigenvalue weighted by Gasteiger charge is 2.07. The summed E-state index contributed by atoms with van der Waals surface area (Å²) in [6.07, 6.45) is 2.14. The molecule has 0 saturated heterocycles. The summed E-state index contributed by atoms with van der Waals surface area (Å²) in [6.45, 7) is 0.489. The standard InChI is InChI=1S/C15H16ClN5O3/c16-13-12(17)14(20-8-19-13)18-7-1-2-11(22)21-10-5-3-9(4-6-10)15(23)24/h3-6,8H,1-2,7,17H2,(H,21,22)(H,23,24)(H,18,19,20). The number of benzene rings is 1. The topological polar surface area (TPSA) is 130 Å². The maximum absolute atomic E-state index is 11.8. The van der Waals surface area contributed by atoms with Gasteiger partial charge in [0, 0.05) is 18.7 Å². The molecule has 1 aromatic carbocycles. The zero-order chi connectivity index (χ0) is 17.5. The van der Waals surface area contributed by atoms with E-state index in [9.17, 15) is 9.59 Å². The Morgan fingerprint density at radius 3 is 2.58 bits per heavy atom. The van der Waals surface area contributed by atoms with Crippen LogP contribution in [0, 0.1) is 0 Å². The molecule has 24 heavy (non-hydrogen) atoms. The van der Waals surface area contributed by atoms with Crippen LogP contribution in [0.15, 0.2) is 30.6 Å². The highest BCUT2D eigenvalue weighted by molar-refractivity contribution is 6.32. The van der Waals surface area contributed by atoms with Crippen LogP contribution >= 0.6 is 11.6 Å². The zero-order valence-corrected chi connectivity index (χ0v) is 13.4. The van der Waals surface area contributed by atoms with Gasteiger partial charge >= 0.3 is 5.97 Å². The molecule has 0 spiro atoms. The second kappa shape index (κ2) is 8.11. The number of nitrogens with zero attached hydrogens (tertiary/aromatic N) is 2. The summed E-state index contributed by atoms with van der Waals surface area (Å²) in [5.41, 5.74) is 6.70. The van der Waals surface area contributed by atoms with Crippen LogP contribution in [-0.4, -0.2) is 33.5 Å². The Labute approximate surface area is 143 Å². The summed E-state index contributed by atoms with van der Waals surface area (Å²) in [5, 5.41) is 14.7. The van der Waals surface area contributed by atoms with Crippen LogP contribution in [0.2, 0.25) is 5.15 Å². The largest absolute Gasteiger partial charge is 0.478 e. The molecule has 1 amide bonds. The van der Waals surface area contributed by atoms with E-state index in [-0.39, 0.29) is 28.7 Å². The molecule has 0 unspecified atom stereocenters. The number of aromatic nitrogens is 2. The van der Waals surface area contributed by atoms with Crippen molar-refractivity contribution in [2.24, 2.45) is 0 Å². The van der Waals surface area contributed by atoms with E-state index in [2.05, 4.69) is 20.6 Å². The number of nitrogens with one attached hydrogen (secondary N) is 2. The number of hydrogen-bond acceptors (Lipinski definition) is 6. The van der Waals surface area contributed by atoms with Crippen LogP contribution in [0.3, 0.4) is 0 Å². The normalized spacial score (nSPS) is 10.2. The number of nitrogen functional groups attached to an aromatic ring is 1. The molecule has 0 atom stereocenters. The number of carboxylic acids is 1. The van der Waals surface area contributed by atoms with Crippen LogP contribution in [0.25, 0.3) is 0 Å². The van der Waals surface area contributed by atoms with Gasteiger partial charge in [0.25, 0.3) is 0 Å². The van der Waals surface area contributed by atoms with E-state index < -0.39 is 5.97 Å². The third kappa shape index (κ3) is 4.82. The molecule has 0 saturated carbocycles. The SMILES string of the molecule is Nc1c(Cl)ncnc1NCCCC(=O)Nc1ccc(C(=O)O)cc1. The lowest BCUT2D eigenvalue weighted by Gasteiger charge is -2.09. The monoisotopic (exact) mass is 349 g/mol. The summed E-state index contributed by atoms with van der Waals surface area (Å²) in [5.74, 6) is -0.753. The lowest BCUT2D eigenvalue weighted by molar-refractivity contribution is -0.116. The first-order valence-electron chi connectivity index (χ1n) is 7.10. The number of rotatable bonds is 7. The first-order valence-corrected chi connectivity index (χ1v) is 7.48. The van der Waals surface area contributed by atoms with Crippen molar-refractivity contribution in [3.63, 3.8) is 0 Å². The molecule has 126 valence electrons. The predicted octanol–water partition coefficient (Wildman–Crippen LogP) is 2.24. The average molecular weight is 350 g/mol. The van der Waals surface area contributed by atoms with Crippen LogP contribution in [0.1, 0.15) is 23.2 Å². The van der Waals surface area contributed by atoms with Gasteiger partial charge < -0.3 is 21.5 Å². The Hall–Kier alpha value is -2.87. The number of aromatic carboxylic acids is 1. The molecule has 0 radical (unpaired) electrons. The Balaban J connectivity index is 1.75. The summed E-state index contributed by atoms with van der Waals surface area (Å²) in [7, 11) is 0. The Kier molecular flexibility index (Phi) is 5.91. The molecular formula is C15H16ClN5O3. The number of nitrogens with two attached hydrogens (primary N) is 1. The molecular weight excluding hydrogens is 334 g/mol. The van der Waals surface area contributed by atoms with Crippen molar-refractivity contribution in [2.75, 3.05) is 22.9 Å². The van der Waals surface area contributed by atoms with Gasteiger partial charge in [0.1, 0.15) is 12.0 Å². The fourth-order valence-corrected chi connectivity index (χ4v) is 2.02. The van der Waals surface area contributed by atoms with Crippen LogP contribution in [-0.2, 0) is 4.79 Å². The molecule has 0 aliphatic carbocycles. The van der Waals surface area contributed by atoms with Gasteiger partial charge in [-0.25, -0.2) is 14.8 Å². The number of amides is 1. The third-order valence-corrected chi connectivity index (χ3v) is 3.43. The molecule has 9 heteroatoms. The number of carbonyl (C=O) groups excluding carboxylic acids is 1. The van der Waals surface area contributed by atoms with E-state index >= 15 is 0 Å². The van der Waals surface area contributed by atoms with E-state index in [1.54, 1.807) is 12.1 Å². The maximum atomic E-state index is 11.8. The minimum Gasteiger partial charge on any atom is -0.478 e. The number of carbonyl (C=O) groups is 2. The first kappa shape index (κ1) is 17.5. The van der Waals surface area contributed by atoms with E-state index in [0.29, 0.717) is 24.5 Å². The van der Waals surface area contributed by atoms with Crippen molar-refractivity contribution in [1.82, 2.24) is 9.97 Å². The van der Waals surface area contributed by atoms with Gasteiger partial charge in [-0.1, -0.05) is 11.6 Å². The van der Waals surface area contributed by atoms with Gasteiger partial charge in [-0.05, 0) is 30.7 Å². The highest BCUT2D eigenvalue weighted by atomic mass is 35.5. The molecule has 1 heterocycles. The second-order valence-electron chi connectivity index (χ2n) is 4.89. The average Bonchev–Trinajstić information content (AvgIpc) is 2.55. The van der Waals surface area contributed by atoms with Crippen molar-refractivity contribution < 1.29 is 14.7 Å². The Bertz CT molecular complexity index is 736. The molecule has 0 bridgehead atoms. The van der Waals surface area contributed by atoms with Crippen molar-refractivity contribution in [3.05, 3.63) is 41.3 Å². The predicted molar refractivity (Wildman–Crippen MR) is 91.2 cm³/mol. The highest BCUT2D eigenvalue weighted by Crippen LogP contribution is 2.21. The summed E-state index contributed by atoms with van der Waals surface area (Å²) in [6, 6.07) is 5.95. The van der Waals surface area contributed by atoms with Gasteiger partial charge in [0.05, 0.1) is 5.56 Å². The molecule has 8 nitrogen and oxygen atoms in total. The lowest BCUT2D eigenvalue weighted by atomic mass is 10.2. The molecule has 5 N–H and O–H groups in total. The first-order chi connectivity index (χ1) is 11.5. The molecule has 0 aliphatic rings. The number of halogens is 1.